The lowest BCUT2D eigenvalue weighted by Crippen LogP contribution is -1.81. The van der Waals surface area contributed by atoms with E-state index in [0.29, 0.717) is 0 Å². The fourth-order valence-corrected chi connectivity index (χ4v) is 3.69. The zero-order valence-corrected chi connectivity index (χ0v) is 12.9. The summed E-state index contributed by atoms with van der Waals surface area (Å²) in [5.41, 5.74) is 5.05. The minimum Gasteiger partial charge on any atom is -0.361 e. The van der Waals surface area contributed by atoms with Crippen LogP contribution in [0.3, 0.4) is 0 Å². The highest BCUT2D eigenvalue weighted by Crippen LogP contribution is 2.32. The molecule has 5 heteroatoms. The van der Waals surface area contributed by atoms with Gasteiger partial charge in [0.2, 0.25) is 0 Å². The van der Waals surface area contributed by atoms with Gasteiger partial charge < -0.3 is 9.97 Å². The number of benzene rings is 2. The van der Waals surface area contributed by atoms with Gasteiger partial charge in [-0.2, -0.15) is 4.37 Å². The van der Waals surface area contributed by atoms with Crippen LogP contribution in [0.15, 0.2) is 60.8 Å². The largest absolute Gasteiger partial charge is 0.361 e. The Hall–Kier alpha value is -2.92. The van der Waals surface area contributed by atoms with Gasteiger partial charge in [0.05, 0.1) is 15.7 Å². The van der Waals surface area contributed by atoms with Crippen LogP contribution in [0.4, 0.5) is 0 Å². The van der Waals surface area contributed by atoms with Gasteiger partial charge in [-0.25, -0.2) is 4.98 Å². The number of para-hydroxylation sites is 1. The minimum absolute atomic E-state index is 0.816. The van der Waals surface area contributed by atoms with E-state index >= 15 is 0 Å². The van der Waals surface area contributed by atoms with Crippen molar-refractivity contribution in [3.63, 3.8) is 0 Å². The second kappa shape index (κ2) is 4.79. The van der Waals surface area contributed by atoms with Gasteiger partial charge in [0.25, 0.3) is 0 Å². The van der Waals surface area contributed by atoms with Crippen molar-refractivity contribution in [3.8, 4) is 22.8 Å². The number of imidazole rings is 1. The van der Waals surface area contributed by atoms with Crippen molar-refractivity contribution >= 4 is 32.7 Å². The van der Waals surface area contributed by atoms with Gasteiger partial charge in [-0.1, -0.05) is 30.3 Å². The van der Waals surface area contributed by atoms with Gasteiger partial charge in [0, 0.05) is 22.8 Å². The summed E-state index contributed by atoms with van der Waals surface area (Å²) in [5, 5.41) is 1.14. The Kier molecular flexibility index (Phi) is 2.63. The first kappa shape index (κ1) is 12.6. The van der Waals surface area contributed by atoms with Crippen LogP contribution >= 0.6 is 11.5 Å². The topological polar surface area (TPSA) is 57.4 Å². The van der Waals surface area contributed by atoms with Crippen LogP contribution in [-0.2, 0) is 0 Å². The second-order valence-electron chi connectivity index (χ2n) is 5.40. The lowest BCUT2D eigenvalue weighted by atomic mass is 10.1. The molecule has 5 rings (SSSR count). The van der Waals surface area contributed by atoms with E-state index in [4.69, 9.17) is 4.98 Å². The molecule has 0 aliphatic heterocycles. The van der Waals surface area contributed by atoms with Crippen molar-refractivity contribution in [2.75, 3.05) is 0 Å². The van der Waals surface area contributed by atoms with Gasteiger partial charge in [-0.05, 0) is 35.8 Å². The van der Waals surface area contributed by atoms with E-state index in [1.165, 1.54) is 16.2 Å². The Morgan fingerprint density at radius 2 is 1.87 bits per heavy atom. The number of aromatic nitrogens is 4. The first-order valence-electron chi connectivity index (χ1n) is 7.37. The average Bonchev–Trinajstić information content (AvgIpc) is 3.32. The van der Waals surface area contributed by atoms with Gasteiger partial charge in [-0.3, -0.25) is 0 Å². The van der Waals surface area contributed by atoms with Crippen molar-refractivity contribution in [2.24, 2.45) is 0 Å². The number of hydrogen-bond donors (Lipinski definition) is 2. The van der Waals surface area contributed by atoms with Crippen LogP contribution < -0.4 is 0 Å². The molecule has 23 heavy (non-hydrogen) atoms. The van der Waals surface area contributed by atoms with Crippen LogP contribution in [0.5, 0.6) is 0 Å². The molecule has 0 bridgehead atoms. The molecule has 0 amide bonds. The van der Waals surface area contributed by atoms with Crippen molar-refractivity contribution in [1.29, 1.82) is 0 Å². The quantitative estimate of drug-likeness (QED) is 0.490. The lowest BCUT2D eigenvalue weighted by molar-refractivity contribution is 1.31. The second-order valence-corrected chi connectivity index (χ2v) is 6.20. The summed E-state index contributed by atoms with van der Waals surface area (Å²) in [6, 6.07) is 18.5. The highest BCUT2D eigenvalue weighted by Gasteiger charge is 2.14. The van der Waals surface area contributed by atoms with Crippen molar-refractivity contribution < 1.29 is 0 Å². The Bertz CT molecular complexity index is 1120. The number of H-pyrrole nitrogens is 2. The number of hydrogen-bond acceptors (Lipinski definition) is 3. The Morgan fingerprint density at radius 3 is 2.78 bits per heavy atom. The van der Waals surface area contributed by atoms with Crippen LogP contribution in [0, 0.1) is 0 Å². The zero-order valence-electron chi connectivity index (χ0n) is 12.1. The van der Waals surface area contributed by atoms with Crippen LogP contribution in [0.1, 0.15) is 0 Å². The standard InChI is InChI=1S/C18H12N4S/c1-2-9-15-12(5-1)17(22-23-15)18-20-14-7-3-6-11(16(14)21-18)13-8-4-10-19-13/h1-10,19H,(H,20,21). The van der Waals surface area contributed by atoms with Gasteiger partial charge in [-0.15, -0.1) is 0 Å². The van der Waals surface area contributed by atoms with Crippen molar-refractivity contribution in [2.45, 2.75) is 0 Å². The van der Waals surface area contributed by atoms with Gasteiger partial charge in [0.15, 0.2) is 5.82 Å². The summed E-state index contributed by atoms with van der Waals surface area (Å²) in [4.78, 5) is 11.5. The summed E-state index contributed by atoms with van der Waals surface area (Å²) < 4.78 is 5.77. The molecule has 3 heterocycles. The SMILES string of the molecule is c1c[nH]c(-c2cccc3[nH]c(-c4nsc5ccccc45)nc23)c1. The molecule has 0 spiro atoms. The highest BCUT2D eigenvalue weighted by molar-refractivity contribution is 7.13. The Morgan fingerprint density at radius 1 is 0.913 bits per heavy atom. The Labute approximate surface area is 136 Å². The van der Waals surface area contributed by atoms with Crippen LogP contribution in [0.2, 0.25) is 0 Å². The van der Waals surface area contributed by atoms with Crippen molar-refractivity contribution in [3.05, 3.63) is 60.8 Å². The molecule has 0 atom stereocenters. The maximum absolute atomic E-state index is 4.83. The van der Waals surface area contributed by atoms with E-state index < -0.39 is 0 Å². The number of aromatic amines is 2. The molecule has 2 aromatic carbocycles. The third-order valence-electron chi connectivity index (χ3n) is 4.00. The predicted octanol–water partition coefficient (Wildman–Crippen LogP) is 4.83. The molecule has 3 aromatic heterocycles. The molecule has 0 radical (unpaired) electrons. The number of nitrogens with one attached hydrogen (secondary N) is 2. The van der Waals surface area contributed by atoms with E-state index in [9.17, 15) is 0 Å². The van der Waals surface area contributed by atoms with E-state index in [1.54, 1.807) is 0 Å². The number of rotatable bonds is 2. The molecule has 0 fully saturated rings. The van der Waals surface area contributed by atoms with E-state index in [-0.39, 0.29) is 0 Å². The highest BCUT2D eigenvalue weighted by atomic mass is 32.1. The molecule has 0 saturated heterocycles. The van der Waals surface area contributed by atoms with Gasteiger partial charge >= 0.3 is 0 Å². The molecule has 0 aliphatic carbocycles. The van der Waals surface area contributed by atoms with Crippen LogP contribution in [-0.4, -0.2) is 19.3 Å². The molecule has 0 aliphatic rings. The fraction of sp³-hybridized carbons (Fsp3) is 0. The minimum atomic E-state index is 0.816. The molecular formula is C18H12N4S. The number of fused-ring (bicyclic) bond motifs is 2. The molecule has 0 saturated carbocycles. The summed E-state index contributed by atoms with van der Waals surface area (Å²) in [6.45, 7) is 0. The first-order valence-corrected chi connectivity index (χ1v) is 8.15. The molecular weight excluding hydrogens is 304 g/mol. The normalized spacial score (nSPS) is 11.5. The van der Waals surface area contributed by atoms with Crippen molar-refractivity contribution in [1.82, 2.24) is 19.3 Å². The molecule has 5 aromatic rings. The average molecular weight is 316 g/mol. The lowest BCUT2D eigenvalue weighted by Gasteiger charge is -1.98. The summed E-state index contributed by atoms with van der Waals surface area (Å²) in [5.74, 6) is 0.816. The smallest absolute Gasteiger partial charge is 0.158 e. The summed E-state index contributed by atoms with van der Waals surface area (Å²) >= 11 is 1.50. The summed E-state index contributed by atoms with van der Waals surface area (Å²) in [6.07, 6.45) is 1.93. The van der Waals surface area contributed by atoms with Gasteiger partial charge in [0.1, 0.15) is 5.69 Å². The molecule has 110 valence electrons. The first-order chi connectivity index (χ1) is 11.4. The third kappa shape index (κ3) is 1.90. The maximum Gasteiger partial charge on any atom is 0.158 e. The maximum atomic E-state index is 4.83. The van der Waals surface area contributed by atoms with E-state index in [1.807, 2.05) is 36.5 Å². The predicted molar refractivity (Wildman–Crippen MR) is 94.5 cm³/mol. The fourth-order valence-electron chi connectivity index (χ4n) is 2.92. The summed E-state index contributed by atoms with van der Waals surface area (Å²) in [7, 11) is 0. The molecule has 0 unspecified atom stereocenters. The molecule has 4 nitrogen and oxygen atoms in total. The molecule has 2 N–H and O–H groups in total. The van der Waals surface area contributed by atoms with E-state index in [2.05, 4.69) is 38.6 Å². The zero-order chi connectivity index (χ0) is 15.2. The third-order valence-corrected chi connectivity index (χ3v) is 4.83. The monoisotopic (exact) mass is 316 g/mol. The van der Waals surface area contributed by atoms with Crippen LogP contribution in [0.25, 0.3) is 43.9 Å². The Balaban J connectivity index is 1.76. The number of nitrogens with zero attached hydrogens (tertiary/aromatic N) is 2. The van der Waals surface area contributed by atoms with E-state index in [0.717, 1.165) is 39.2 Å².